The molecule has 0 bridgehead atoms. The van der Waals surface area contributed by atoms with Crippen molar-refractivity contribution in [2.45, 2.75) is 13.0 Å². The zero-order valence-corrected chi connectivity index (χ0v) is 10.9. The molecule has 2 N–H and O–H groups in total. The predicted octanol–water partition coefficient (Wildman–Crippen LogP) is 0.0742. The van der Waals surface area contributed by atoms with E-state index in [9.17, 15) is 14.7 Å². The number of carboxylic acid groups (broad SMARTS) is 1. The van der Waals surface area contributed by atoms with Gasteiger partial charge in [0.15, 0.2) is 6.04 Å². The maximum absolute atomic E-state index is 11.9. The third kappa shape index (κ3) is 2.97. The lowest BCUT2D eigenvalue weighted by atomic mass is 10.1. The molecule has 2 aromatic rings. The van der Waals surface area contributed by atoms with Gasteiger partial charge in [-0.3, -0.25) is 14.5 Å². The quantitative estimate of drug-likeness (QED) is 0.817. The molecule has 8 nitrogen and oxygen atoms in total. The molecule has 0 fully saturated rings. The van der Waals surface area contributed by atoms with Crippen LogP contribution in [0.2, 0.25) is 0 Å². The number of rotatable bonds is 4. The first-order chi connectivity index (χ1) is 9.47. The van der Waals surface area contributed by atoms with Gasteiger partial charge in [-0.15, -0.1) is 0 Å². The Labute approximate surface area is 114 Å². The molecule has 1 amide bonds. The van der Waals surface area contributed by atoms with E-state index in [2.05, 4.69) is 20.4 Å². The standard InChI is InChI=1S/C12H13N5O3/c1-7-3-14-9(5-13-7)11(18)16-10(12(19)20)8-4-15-17(2)6-8/h3-6,10H,1-2H3,(H,16,18)(H,19,20). The molecular formula is C12H13N5O3. The topological polar surface area (TPSA) is 110 Å². The van der Waals surface area contributed by atoms with Crippen LogP contribution in [0.15, 0.2) is 24.8 Å². The Bertz CT molecular complexity index is 635. The van der Waals surface area contributed by atoms with Crippen molar-refractivity contribution in [2.75, 3.05) is 0 Å². The van der Waals surface area contributed by atoms with Crippen LogP contribution in [0.3, 0.4) is 0 Å². The highest BCUT2D eigenvalue weighted by atomic mass is 16.4. The first-order valence-corrected chi connectivity index (χ1v) is 5.78. The molecule has 0 aliphatic heterocycles. The molecule has 0 saturated carbocycles. The van der Waals surface area contributed by atoms with Gasteiger partial charge >= 0.3 is 5.97 Å². The Kier molecular flexibility index (Phi) is 3.74. The van der Waals surface area contributed by atoms with E-state index in [1.165, 1.54) is 29.5 Å². The van der Waals surface area contributed by atoms with Crippen LogP contribution in [-0.2, 0) is 11.8 Å². The summed E-state index contributed by atoms with van der Waals surface area (Å²) in [5.41, 5.74) is 1.11. The van der Waals surface area contributed by atoms with Crippen LogP contribution in [0.5, 0.6) is 0 Å². The molecule has 2 aromatic heterocycles. The number of carboxylic acids is 1. The number of amides is 1. The Hall–Kier alpha value is -2.77. The fraction of sp³-hybridized carbons (Fsp3) is 0.250. The minimum atomic E-state index is -1.18. The molecule has 20 heavy (non-hydrogen) atoms. The fourth-order valence-electron chi connectivity index (χ4n) is 1.59. The van der Waals surface area contributed by atoms with Crippen molar-refractivity contribution in [1.82, 2.24) is 25.1 Å². The van der Waals surface area contributed by atoms with Gasteiger partial charge in [-0.2, -0.15) is 5.10 Å². The van der Waals surface area contributed by atoms with Crippen molar-refractivity contribution in [3.63, 3.8) is 0 Å². The molecule has 0 spiro atoms. The third-order valence-electron chi connectivity index (χ3n) is 2.59. The minimum Gasteiger partial charge on any atom is -0.479 e. The molecule has 1 atom stereocenters. The van der Waals surface area contributed by atoms with Crippen LogP contribution >= 0.6 is 0 Å². The number of carbonyl (C=O) groups is 2. The number of aryl methyl sites for hydroxylation is 2. The van der Waals surface area contributed by atoms with E-state index in [4.69, 9.17) is 0 Å². The van der Waals surface area contributed by atoms with Gasteiger partial charge in [0.1, 0.15) is 5.69 Å². The zero-order chi connectivity index (χ0) is 14.7. The normalized spacial score (nSPS) is 11.9. The summed E-state index contributed by atoms with van der Waals surface area (Å²) in [5, 5.41) is 15.5. The lowest BCUT2D eigenvalue weighted by Crippen LogP contribution is -2.34. The molecule has 0 saturated heterocycles. The second kappa shape index (κ2) is 5.47. The van der Waals surface area contributed by atoms with E-state index in [0.717, 1.165) is 0 Å². The van der Waals surface area contributed by atoms with Crippen LogP contribution in [-0.4, -0.2) is 36.7 Å². The molecule has 0 aromatic carbocycles. The average Bonchev–Trinajstić information content (AvgIpc) is 2.82. The molecule has 2 heterocycles. The van der Waals surface area contributed by atoms with Gasteiger partial charge in [0.2, 0.25) is 0 Å². The molecule has 104 valence electrons. The summed E-state index contributed by atoms with van der Waals surface area (Å²) in [4.78, 5) is 31.0. The van der Waals surface area contributed by atoms with Gasteiger partial charge in [-0.05, 0) is 6.92 Å². The Morgan fingerprint density at radius 3 is 2.55 bits per heavy atom. The number of carbonyl (C=O) groups excluding carboxylic acids is 1. The van der Waals surface area contributed by atoms with Gasteiger partial charge in [0, 0.05) is 25.0 Å². The minimum absolute atomic E-state index is 0.0609. The smallest absolute Gasteiger partial charge is 0.331 e. The number of aromatic nitrogens is 4. The van der Waals surface area contributed by atoms with E-state index in [-0.39, 0.29) is 5.69 Å². The van der Waals surface area contributed by atoms with Gasteiger partial charge in [0.25, 0.3) is 5.91 Å². The van der Waals surface area contributed by atoms with Crippen molar-refractivity contribution in [3.8, 4) is 0 Å². The molecule has 0 radical (unpaired) electrons. The number of hydrogen-bond acceptors (Lipinski definition) is 5. The zero-order valence-electron chi connectivity index (χ0n) is 10.9. The summed E-state index contributed by atoms with van der Waals surface area (Å²) in [5.74, 6) is -1.78. The number of hydrogen-bond donors (Lipinski definition) is 2. The monoisotopic (exact) mass is 275 g/mol. The Morgan fingerprint density at radius 1 is 1.30 bits per heavy atom. The number of aliphatic carboxylic acids is 1. The van der Waals surface area contributed by atoms with Gasteiger partial charge in [-0.1, -0.05) is 0 Å². The van der Waals surface area contributed by atoms with Crippen molar-refractivity contribution in [1.29, 1.82) is 0 Å². The van der Waals surface area contributed by atoms with Gasteiger partial charge < -0.3 is 10.4 Å². The SMILES string of the molecule is Cc1cnc(C(=O)NC(C(=O)O)c2cnn(C)c2)cn1. The lowest BCUT2D eigenvalue weighted by molar-refractivity contribution is -0.139. The van der Waals surface area contributed by atoms with Crippen LogP contribution in [0.25, 0.3) is 0 Å². The molecule has 0 aliphatic carbocycles. The van der Waals surface area contributed by atoms with Gasteiger partial charge in [-0.25, -0.2) is 9.78 Å². The maximum Gasteiger partial charge on any atom is 0.331 e. The summed E-state index contributed by atoms with van der Waals surface area (Å²) in [6.45, 7) is 1.74. The van der Waals surface area contributed by atoms with Crippen LogP contribution in [0, 0.1) is 6.92 Å². The van der Waals surface area contributed by atoms with Crippen molar-refractivity contribution in [3.05, 3.63) is 41.7 Å². The van der Waals surface area contributed by atoms with E-state index < -0.39 is 17.9 Å². The first kappa shape index (κ1) is 13.7. The highest BCUT2D eigenvalue weighted by Gasteiger charge is 2.24. The van der Waals surface area contributed by atoms with Crippen molar-refractivity contribution >= 4 is 11.9 Å². The summed E-state index contributed by atoms with van der Waals surface area (Å²) < 4.78 is 1.46. The molecule has 2 rings (SSSR count). The highest BCUT2D eigenvalue weighted by Crippen LogP contribution is 2.12. The summed E-state index contributed by atoms with van der Waals surface area (Å²) in [6.07, 6.45) is 5.65. The van der Waals surface area contributed by atoms with Crippen molar-refractivity contribution < 1.29 is 14.7 Å². The largest absolute Gasteiger partial charge is 0.479 e. The second-order valence-corrected chi connectivity index (χ2v) is 4.24. The first-order valence-electron chi connectivity index (χ1n) is 5.78. The third-order valence-corrected chi connectivity index (χ3v) is 2.59. The van der Waals surface area contributed by atoms with Crippen LogP contribution in [0.4, 0.5) is 0 Å². The lowest BCUT2D eigenvalue weighted by Gasteiger charge is -2.12. The van der Waals surface area contributed by atoms with Crippen LogP contribution < -0.4 is 5.32 Å². The Balaban J connectivity index is 2.18. The summed E-state index contributed by atoms with van der Waals surface area (Å²) in [6, 6.07) is -1.18. The van der Waals surface area contributed by atoms with E-state index >= 15 is 0 Å². The molecule has 1 unspecified atom stereocenters. The number of nitrogens with one attached hydrogen (secondary N) is 1. The van der Waals surface area contributed by atoms with Crippen LogP contribution in [0.1, 0.15) is 27.8 Å². The second-order valence-electron chi connectivity index (χ2n) is 4.24. The molecule has 8 heteroatoms. The molecule has 0 aliphatic rings. The van der Waals surface area contributed by atoms with Crippen molar-refractivity contribution in [2.24, 2.45) is 7.05 Å². The molecular weight excluding hydrogens is 262 g/mol. The summed E-state index contributed by atoms with van der Waals surface area (Å²) >= 11 is 0. The highest BCUT2D eigenvalue weighted by molar-refractivity contribution is 5.94. The fourth-order valence-corrected chi connectivity index (χ4v) is 1.59. The van der Waals surface area contributed by atoms with E-state index in [0.29, 0.717) is 11.3 Å². The Morgan fingerprint density at radius 2 is 2.05 bits per heavy atom. The number of nitrogens with zero attached hydrogens (tertiary/aromatic N) is 4. The predicted molar refractivity (Wildman–Crippen MR) is 67.8 cm³/mol. The maximum atomic E-state index is 11.9. The van der Waals surface area contributed by atoms with E-state index in [1.54, 1.807) is 14.0 Å². The summed E-state index contributed by atoms with van der Waals surface area (Å²) in [7, 11) is 1.66. The average molecular weight is 275 g/mol. The van der Waals surface area contributed by atoms with E-state index in [1.807, 2.05) is 0 Å². The van der Waals surface area contributed by atoms with Gasteiger partial charge in [0.05, 0.1) is 18.1 Å².